The van der Waals surface area contributed by atoms with Crippen LogP contribution in [-0.4, -0.2) is 43.7 Å². The number of methoxy groups -OCH3 is 1. The number of carbonyl (C=O) groups is 1. The van der Waals surface area contributed by atoms with Gasteiger partial charge in [0.05, 0.1) is 12.0 Å². The van der Waals surface area contributed by atoms with Crippen molar-refractivity contribution in [3.8, 4) is 5.75 Å². The topological polar surface area (TPSA) is 66.9 Å². The van der Waals surface area contributed by atoms with E-state index in [-0.39, 0.29) is 10.8 Å². The molecule has 1 aliphatic heterocycles. The summed E-state index contributed by atoms with van der Waals surface area (Å²) in [6.07, 6.45) is 0.257. The van der Waals surface area contributed by atoms with Gasteiger partial charge in [-0.05, 0) is 43.2 Å². The van der Waals surface area contributed by atoms with E-state index in [1.807, 2.05) is 19.1 Å². The Labute approximate surface area is 166 Å². The van der Waals surface area contributed by atoms with Crippen molar-refractivity contribution < 1.29 is 17.9 Å². The molecule has 0 bridgehead atoms. The standard InChI is InChI=1S/C21H26N2O4S/c1-4-20(24)22-14-5-15-23(21(22)17-8-10-18(27-3)11-9-17)28(25,26)19-12-6-16(2)7-13-19/h6-13,21H,4-5,14-15H2,1-3H3/t21-/m1/s1. The predicted octanol–water partition coefficient (Wildman–Crippen LogP) is 3.34. The molecule has 1 amide bonds. The summed E-state index contributed by atoms with van der Waals surface area (Å²) in [5, 5.41) is 0. The van der Waals surface area contributed by atoms with Crippen molar-refractivity contribution in [2.45, 2.75) is 37.8 Å². The molecule has 3 rings (SSSR count). The summed E-state index contributed by atoms with van der Waals surface area (Å²) in [5.41, 5.74) is 1.74. The van der Waals surface area contributed by atoms with Crippen LogP contribution in [0.25, 0.3) is 0 Å². The van der Waals surface area contributed by atoms with E-state index in [4.69, 9.17) is 4.74 Å². The first-order valence-electron chi connectivity index (χ1n) is 9.40. The number of hydrogen-bond donors (Lipinski definition) is 0. The van der Waals surface area contributed by atoms with Gasteiger partial charge < -0.3 is 9.64 Å². The lowest BCUT2D eigenvalue weighted by molar-refractivity contribution is -0.138. The second-order valence-corrected chi connectivity index (χ2v) is 8.76. The molecule has 0 N–H and O–H groups in total. The SMILES string of the molecule is CCC(=O)N1CCCN(S(=O)(=O)c2ccc(C)cc2)[C@@H]1c1ccc(OC)cc1. The molecular formula is C21H26N2O4S. The Morgan fingerprint density at radius 2 is 1.71 bits per heavy atom. The van der Waals surface area contributed by atoms with Crippen LogP contribution in [0.1, 0.15) is 37.1 Å². The van der Waals surface area contributed by atoms with Crippen molar-refractivity contribution in [1.29, 1.82) is 0 Å². The monoisotopic (exact) mass is 402 g/mol. The molecule has 0 unspecified atom stereocenters. The maximum absolute atomic E-state index is 13.4. The summed E-state index contributed by atoms with van der Waals surface area (Å²) >= 11 is 0. The summed E-state index contributed by atoms with van der Waals surface area (Å²) in [5.74, 6) is 0.616. The molecule has 0 saturated carbocycles. The van der Waals surface area contributed by atoms with Gasteiger partial charge in [0.1, 0.15) is 11.9 Å². The normalized spacial score (nSPS) is 18.1. The molecule has 0 radical (unpaired) electrons. The van der Waals surface area contributed by atoms with Gasteiger partial charge in [0.25, 0.3) is 0 Å². The van der Waals surface area contributed by atoms with Gasteiger partial charge in [-0.3, -0.25) is 4.79 Å². The molecule has 0 aliphatic carbocycles. The smallest absolute Gasteiger partial charge is 0.245 e. The number of carbonyl (C=O) groups excluding carboxylic acids is 1. The molecular weight excluding hydrogens is 376 g/mol. The summed E-state index contributed by atoms with van der Waals surface area (Å²) in [6.45, 7) is 4.60. The molecule has 1 fully saturated rings. The number of benzene rings is 2. The Hall–Kier alpha value is -2.38. The van der Waals surface area contributed by atoms with E-state index < -0.39 is 16.2 Å². The molecule has 7 heteroatoms. The molecule has 0 spiro atoms. The first-order valence-corrected chi connectivity index (χ1v) is 10.8. The van der Waals surface area contributed by atoms with Crippen LogP contribution in [0.4, 0.5) is 0 Å². The number of hydrogen-bond acceptors (Lipinski definition) is 4. The number of nitrogens with zero attached hydrogens (tertiary/aromatic N) is 2. The maximum atomic E-state index is 13.4. The molecule has 2 aromatic carbocycles. The quantitative estimate of drug-likeness (QED) is 0.769. The third-order valence-electron chi connectivity index (χ3n) is 5.01. The molecule has 2 aromatic rings. The fourth-order valence-corrected chi connectivity index (χ4v) is 5.10. The average Bonchev–Trinajstić information content (AvgIpc) is 2.73. The Bertz CT molecular complexity index is 924. The zero-order chi connectivity index (χ0) is 20.3. The predicted molar refractivity (Wildman–Crippen MR) is 107 cm³/mol. The van der Waals surface area contributed by atoms with Crippen LogP contribution in [0, 0.1) is 6.92 Å². The minimum atomic E-state index is -3.76. The lowest BCUT2D eigenvalue weighted by Crippen LogP contribution is -2.51. The highest BCUT2D eigenvalue weighted by Gasteiger charge is 2.40. The van der Waals surface area contributed by atoms with Crippen molar-refractivity contribution in [1.82, 2.24) is 9.21 Å². The zero-order valence-electron chi connectivity index (χ0n) is 16.5. The van der Waals surface area contributed by atoms with E-state index in [0.717, 1.165) is 11.1 Å². The van der Waals surface area contributed by atoms with Crippen molar-refractivity contribution in [3.05, 3.63) is 59.7 Å². The van der Waals surface area contributed by atoms with E-state index in [0.29, 0.717) is 31.7 Å². The number of sulfonamides is 1. The van der Waals surface area contributed by atoms with Crippen LogP contribution in [0.3, 0.4) is 0 Å². The molecule has 6 nitrogen and oxygen atoms in total. The van der Waals surface area contributed by atoms with Gasteiger partial charge in [-0.1, -0.05) is 36.8 Å². The Morgan fingerprint density at radius 3 is 2.29 bits per heavy atom. The van der Waals surface area contributed by atoms with Gasteiger partial charge in [0, 0.05) is 19.5 Å². The lowest BCUT2D eigenvalue weighted by Gasteiger charge is -2.43. The minimum Gasteiger partial charge on any atom is -0.497 e. The molecule has 1 heterocycles. The fourth-order valence-electron chi connectivity index (χ4n) is 3.48. The third kappa shape index (κ3) is 3.91. The number of amides is 1. The Balaban J connectivity index is 2.07. The van der Waals surface area contributed by atoms with Crippen LogP contribution in [0.2, 0.25) is 0 Å². The van der Waals surface area contributed by atoms with Gasteiger partial charge in [-0.2, -0.15) is 4.31 Å². The summed E-state index contributed by atoms with van der Waals surface area (Å²) in [6, 6.07) is 14.0. The second kappa shape index (κ2) is 8.32. The average molecular weight is 403 g/mol. The number of rotatable bonds is 5. The first-order chi connectivity index (χ1) is 13.4. The van der Waals surface area contributed by atoms with Crippen molar-refractivity contribution in [3.63, 3.8) is 0 Å². The highest BCUT2D eigenvalue weighted by Crippen LogP contribution is 2.35. The summed E-state index contributed by atoms with van der Waals surface area (Å²) in [4.78, 5) is 14.5. The Kier molecular flexibility index (Phi) is 6.05. The van der Waals surface area contributed by atoms with Gasteiger partial charge >= 0.3 is 0 Å². The van der Waals surface area contributed by atoms with Gasteiger partial charge in [0.15, 0.2) is 0 Å². The van der Waals surface area contributed by atoms with Crippen LogP contribution in [0.15, 0.2) is 53.4 Å². The molecule has 1 saturated heterocycles. The van der Waals surface area contributed by atoms with Crippen molar-refractivity contribution in [2.75, 3.05) is 20.2 Å². The largest absolute Gasteiger partial charge is 0.497 e. The van der Waals surface area contributed by atoms with Crippen LogP contribution >= 0.6 is 0 Å². The van der Waals surface area contributed by atoms with Crippen molar-refractivity contribution in [2.24, 2.45) is 0 Å². The first kappa shape index (κ1) is 20.4. The molecule has 0 aromatic heterocycles. The van der Waals surface area contributed by atoms with Gasteiger partial charge in [-0.15, -0.1) is 0 Å². The summed E-state index contributed by atoms with van der Waals surface area (Å²) < 4.78 is 33.5. The minimum absolute atomic E-state index is 0.0652. The maximum Gasteiger partial charge on any atom is 0.245 e. The van der Waals surface area contributed by atoms with Gasteiger partial charge in [-0.25, -0.2) is 8.42 Å². The molecule has 28 heavy (non-hydrogen) atoms. The van der Waals surface area contributed by atoms with E-state index in [2.05, 4.69) is 0 Å². The van der Waals surface area contributed by atoms with Crippen LogP contribution in [0.5, 0.6) is 5.75 Å². The van der Waals surface area contributed by atoms with Crippen molar-refractivity contribution >= 4 is 15.9 Å². The third-order valence-corrected chi connectivity index (χ3v) is 6.88. The number of ether oxygens (including phenoxy) is 1. The van der Waals surface area contributed by atoms with Crippen LogP contribution < -0.4 is 4.74 Å². The Morgan fingerprint density at radius 1 is 1.07 bits per heavy atom. The second-order valence-electron chi connectivity index (χ2n) is 6.87. The van der Waals surface area contributed by atoms with E-state index in [1.165, 1.54) is 4.31 Å². The van der Waals surface area contributed by atoms with Gasteiger partial charge in [0.2, 0.25) is 15.9 Å². The fraction of sp³-hybridized carbons (Fsp3) is 0.381. The molecule has 1 atom stereocenters. The van der Waals surface area contributed by atoms with E-state index >= 15 is 0 Å². The van der Waals surface area contributed by atoms with E-state index in [1.54, 1.807) is 55.3 Å². The van der Waals surface area contributed by atoms with Crippen LogP contribution in [-0.2, 0) is 14.8 Å². The highest BCUT2D eigenvalue weighted by molar-refractivity contribution is 7.89. The summed E-state index contributed by atoms with van der Waals surface area (Å²) in [7, 11) is -2.18. The highest BCUT2D eigenvalue weighted by atomic mass is 32.2. The molecule has 150 valence electrons. The molecule has 1 aliphatic rings. The zero-order valence-corrected chi connectivity index (χ0v) is 17.3. The van der Waals surface area contributed by atoms with E-state index in [9.17, 15) is 13.2 Å². The number of aryl methyl sites for hydroxylation is 1. The lowest BCUT2D eigenvalue weighted by atomic mass is 10.1.